The molecule has 2 aromatic carbocycles. The van der Waals surface area contributed by atoms with Gasteiger partial charge in [0, 0.05) is 18.7 Å². The Morgan fingerprint density at radius 2 is 1.96 bits per heavy atom. The Kier molecular flexibility index (Phi) is 5.63. The molecule has 2 rings (SSSR count). The fourth-order valence-corrected chi connectivity index (χ4v) is 2.34. The maximum absolute atomic E-state index is 13.8. The Bertz CT molecular complexity index is 835. The fraction of sp³-hybridized carbons (Fsp3) is 0.176. The Hall–Kier alpha value is -3.47. The van der Waals surface area contributed by atoms with Gasteiger partial charge in [-0.05, 0) is 12.1 Å². The summed E-state index contributed by atoms with van der Waals surface area (Å²) in [6.07, 6.45) is 0. The van der Waals surface area contributed by atoms with E-state index in [1.54, 1.807) is 12.1 Å². The van der Waals surface area contributed by atoms with Crippen molar-refractivity contribution in [1.29, 1.82) is 5.26 Å². The third-order valence-corrected chi connectivity index (χ3v) is 3.52. The molecule has 0 heterocycles. The molecule has 0 saturated heterocycles. The largest absolute Gasteiger partial charge is 0.360 e. The maximum Gasteiger partial charge on any atom is 0.292 e. The van der Waals surface area contributed by atoms with E-state index in [-0.39, 0.29) is 23.5 Å². The van der Waals surface area contributed by atoms with Crippen LogP contribution in [0.25, 0.3) is 0 Å². The monoisotopic (exact) mass is 342 g/mol. The van der Waals surface area contributed by atoms with Crippen LogP contribution in [0.2, 0.25) is 0 Å². The predicted octanol–water partition coefficient (Wildman–Crippen LogP) is 2.55. The van der Waals surface area contributed by atoms with Gasteiger partial charge in [0.25, 0.3) is 5.69 Å². The molecule has 0 aromatic heterocycles. The zero-order chi connectivity index (χ0) is 18.4. The summed E-state index contributed by atoms with van der Waals surface area (Å²) in [4.78, 5) is 24.1. The number of nitrogens with one attached hydrogen (secondary N) is 1. The summed E-state index contributed by atoms with van der Waals surface area (Å²) in [5.41, 5.74) is 0.192. The zero-order valence-electron chi connectivity index (χ0n) is 13.3. The highest BCUT2D eigenvalue weighted by Gasteiger charge is 2.21. The van der Waals surface area contributed by atoms with Crippen LogP contribution in [0.15, 0.2) is 48.5 Å². The summed E-state index contributed by atoms with van der Waals surface area (Å²) >= 11 is 0. The van der Waals surface area contributed by atoms with Crippen LogP contribution in [0.4, 0.5) is 15.8 Å². The van der Waals surface area contributed by atoms with Crippen molar-refractivity contribution >= 4 is 17.3 Å². The summed E-state index contributed by atoms with van der Waals surface area (Å²) in [5, 5.41) is 22.7. The second-order valence-corrected chi connectivity index (χ2v) is 5.25. The number of nitrogens with zero attached hydrogens (tertiary/aromatic N) is 3. The number of carbonyl (C=O) groups excluding carboxylic acids is 1. The third-order valence-electron chi connectivity index (χ3n) is 3.52. The Labute approximate surface area is 143 Å². The highest BCUT2D eigenvalue weighted by Crippen LogP contribution is 2.26. The molecule has 1 amide bonds. The minimum Gasteiger partial charge on any atom is -0.360 e. The van der Waals surface area contributed by atoms with Crippen molar-refractivity contribution < 1.29 is 14.1 Å². The van der Waals surface area contributed by atoms with Crippen LogP contribution in [-0.2, 0) is 4.79 Å². The number of hydrogen-bond acceptors (Lipinski definition) is 5. The van der Waals surface area contributed by atoms with Gasteiger partial charge >= 0.3 is 0 Å². The van der Waals surface area contributed by atoms with Crippen LogP contribution in [0.3, 0.4) is 0 Å². The van der Waals surface area contributed by atoms with Gasteiger partial charge in [-0.15, -0.1) is 0 Å². The van der Waals surface area contributed by atoms with Crippen molar-refractivity contribution in [3.8, 4) is 6.07 Å². The van der Waals surface area contributed by atoms with Gasteiger partial charge in [0.1, 0.15) is 17.5 Å². The number of nitro groups is 1. The number of amides is 1. The fourth-order valence-electron chi connectivity index (χ4n) is 2.34. The molecule has 0 bridgehead atoms. The van der Waals surface area contributed by atoms with E-state index >= 15 is 0 Å². The summed E-state index contributed by atoms with van der Waals surface area (Å²) < 4.78 is 13.8. The van der Waals surface area contributed by atoms with Gasteiger partial charge < -0.3 is 10.2 Å². The highest BCUT2D eigenvalue weighted by molar-refractivity contribution is 5.83. The SMILES string of the molecule is CN(CC(=O)NC(C#N)c1ccccc1F)c1ccccc1[N+](=O)[O-]. The zero-order valence-corrected chi connectivity index (χ0v) is 13.3. The van der Waals surface area contributed by atoms with Crippen LogP contribution in [-0.4, -0.2) is 24.4 Å². The number of carbonyl (C=O) groups is 1. The van der Waals surface area contributed by atoms with Gasteiger partial charge in [-0.3, -0.25) is 14.9 Å². The van der Waals surface area contributed by atoms with E-state index in [0.29, 0.717) is 0 Å². The van der Waals surface area contributed by atoms with Gasteiger partial charge in [0.05, 0.1) is 17.5 Å². The number of nitro benzene ring substituents is 1. The van der Waals surface area contributed by atoms with E-state index in [2.05, 4.69) is 5.32 Å². The van der Waals surface area contributed by atoms with Crippen LogP contribution >= 0.6 is 0 Å². The lowest BCUT2D eigenvalue weighted by Crippen LogP contribution is -2.37. The molecule has 1 atom stereocenters. The predicted molar refractivity (Wildman–Crippen MR) is 89.3 cm³/mol. The average molecular weight is 342 g/mol. The number of halogens is 1. The first-order valence-corrected chi connectivity index (χ1v) is 7.32. The standard InChI is InChI=1S/C17H15FN4O3/c1-21(15-8-4-5-9-16(15)22(24)25)11-17(23)20-14(10-19)12-6-2-3-7-13(12)18/h2-9,14H,11H2,1H3,(H,20,23). The van der Waals surface area contributed by atoms with Crippen molar-refractivity contribution in [3.63, 3.8) is 0 Å². The quantitative estimate of drug-likeness (QED) is 0.642. The number of nitriles is 1. The minimum atomic E-state index is -1.15. The van der Waals surface area contributed by atoms with E-state index in [9.17, 15) is 24.6 Å². The van der Waals surface area contributed by atoms with Crippen LogP contribution in [0, 0.1) is 27.3 Å². The first kappa shape index (κ1) is 17.9. The number of anilines is 1. The molecule has 8 heteroatoms. The van der Waals surface area contributed by atoms with Crippen molar-refractivity contribution in [3.05, 3.63) is 70.0 Å². The molecule has 128 valence electrons. The van der Waals surface area contributed by atoms with Gasteiger partial charge in [0.2, 0.25) is 5.91 Å². The molecular weight excluding hydrogens is 327 g/mol. The molecule has 0 aliphatic carbocycles. The number of para-hydroxylation sites is 2. The molecule has 0 fully saturated rings. The highest BCUT2D eigenvalue weighted by atomic mass is 19.1. The second kappa shape index (κ2) is 7.88. The van der Waals surface area contributed by atoms with Crippen molar-refractivity contribution in [2.24, 2.45) is 0 Å². The van der Waals surface area contributed by atoms with Crippen LogP contribution < -0.4 is 10.2 Å². The molecule has 1 unspecified atom stereocenters. The normalized spacial score (nSPS) is 11.2. The summed E-state index contributed by atoms with van der Waals surface area (Å²) in [6.45, 7) is -0.225. The molecule has 0 radical (unpaired) electrons. The van der Waals surface area contributed by atoms with Gasteiger partial charge in [-0.25, -0.2) is 4.39 Å². The number of rotatable bonds is 6. The second-order valence-electron chi connectivity index (χ2n) is 5.25. The van der Waals surface area contributed by atoms with E-state index in [0.717, 1.165) is 0 Å². The third kappa shape index (κ3) is 4.29. The Balaban J connectivity index is 2.11. The van der Waals surface area contributed by atoms with E-state index in [1.807, 2.05) is 6.07 Å². The van der Waals surface area contributed by atoms with E-state index < -0.39 is 22.7 Å². The van der Waals surface area contributed by atoms with Gasteiger partial charge in [-0.2, -0.15) is 5.26 Å². The smallest absolute Gasteiger partial charge is 0.292 e. The van der Waals surface area contributed by atoms with Crippen molar-refractivity contribution in [2.45, 2.75) is 6.04 Å². The van der Waals surface area contributed by atoms with Crippen molar-refractivity contribution in [1.82, 2.24) is 5.32 Å². The molecular formula is C17H15FN4O3. The first-order chi connectivity index (χ1) is 11.9. The average Bonchev–Trinajstić information content (AvgIpc) is 2.60. The molecule has 0 saturated carbocycles. The molecule has 1 N–H and O–H groups in total. The topological polar surface area (TPSA) is 99.3 Å². The minimum absolute atomic E-state index is 0.0618. The Morgan fingerprint density at radius 3 is 2.60 bits per heavy atom. The molecule has 0 spiro atoms. The number of benzene rings is 2. The molecule has 0 aliphatic rings. The summed E-state index contributed by atoms with van der Waals surface area (Å²) in [5.74, 6) is -1.16. The lowest BCUT2D eigenvalue weighted by Gasteiger charge is -2.20. The van der Waals surface area contributed by atoms with Crippen molar-refractivity contribution in [2.75, 3.05) is 18.5 Å². The molecule has 25 heavy (non-hydrogen) atoms. The molecule has 2 aromatic rings. The van der Waals surface area contributed by atoms with Gasteiger partial charge in [0.15, 0.2) is 0 Å². The van der Waals surface area contributed by atoms with Gasteiger partial charge in [-0.1, -0.05) is 30.3 Å². The van der Waals surface area contributed by atoms with E-state index in [1.165, 1.54) is 48.3 Å². The lowest BCUT2D eigenvalue weighted by molar-refractivity contribution is -0.384. The molecule has 0 aliphatic heterocycles. The number of hydrogen-bond donors (Lipinski definition) is 1. The molecule has 7 nitrogen and oxygen atoms in total. The van der Waals surface area contributed by atoms with Crippen LogP contribution in [0.5, 0.6) is 0 Å². The number of likely N-dealkylation sites (N-methyl/N-ethyl adjacent to an activating group) is 1. The maximum atomic E-state index is 13.8. The lowest BCUT2D eigenvalue weighted by atomic mass is 10.1. The summed E-state index contributed by atoms with van der Waals surface area (Å²) in [6, 6.07) is 12.3. The summed E-state index contributed by atoms with van der Waals surface area (Å²) in [7, 11) is 1.52. The first-order valence-electron chi connectivity index (χ1n) is 7.32. The Morgan fingerprint density at radius 1 is 1.32 bits per heavy atom. The van der Waals surface area contributed by atoms with Crippen LogP contribution in [0.1, 0.15) is 11.6 Å². The van der Waals surface area contributed by atoms with E-state index in [4.69, 9.17) is 0 Å².